The van der Waals surface area contributed by atoms with Crippen LogP contribution in [0.5, 0.6) is 0 Å². The molecule has 1 aliphatic rings. The molecule has 3 nitrogen and oxygen atoms in total. The van der Waals surface area contributed by atoms with Crippen molar-refractivity contribution in [1.29, 1.82) is 0 Å². The Labute approximate surface area is 127 Å². The quantitative estimate of drug-likeness (QED) is 0.931. The van der Waals surface area contributed by atoms with Crippen molar-refractivity contribution < 1.29 is 9.13 Å². The van der Waals surface area contributed by atoms with Crippen molar-refractivity contribution >= 4 is 5.69 Å². The van der Waals surface area contributed by atoms with Crippen LogP contribution in [0.15, 0.2) is 18.2 Å². The molecule has 0 aliphatic carbocycles. The van der Waals surface area contributed by atoms with Crippen LogP contribution in [0.1, 0.15) is 40.2 Å². The molecule has 0 radical (unpaired) electrons. The SMILES string of the molecule is CC(N)Cc1cc(F)ccc1N1CC(C)(C)OC(C)(C)C1. The molecule has 118 valence electrons. The second-order valence-electron chi connectivity index (χ2n) is 7.43. The van der Waals surface area contributed by atoms with Crippen molar-refractivity contribution in [1.82, 2.24) is 0 Å². The van der Waals surface area contributed by atoms with Gasteiger partial charge in [0.2, 0.25) is 0 Å². The molecule has 4 heteroatoms. The standard InChI is InChI=1S/C17H27FN2O/c1-12(19)8-13-9-14(18)6-7-15(13)20-10-16(2,3)21-17(4,5)11-20/h6-7,9,12H,8,10-11,19H2,1-5H3. The van der Waals surface area contributed by atoms with E-state index in [0.29, 0.717) is 6.42 Å². The van der Waals surface area contributed by atoms with Crippen LogP contribution < -0.4 is 10.6 Å². The lowest BCUT2D eigenvalue weighted by atomic mass is 9.96. The van der Waals surface area contributed by atoms with Gasteiger partial charge in [0.15, 0.2) is 0 Å². The summed E-state index contributed by atoms with van der Waals surface area (Å²) in [4.78, 5) is 2.29. The Morgan fingerprint density at radius 2 is 1.81 bits per heavy atom. The Morgan fingerprint density at radius 3 is 2.33 bits per heavy atom. The van der Waals surface area contributed by atoms with E-state index in [9.17, 15) is 4.39 Å². The largest absolute Gasteiger partial charge is 0.366 e. The van der Waals surface area contributed by atoms with Gasteiger partial charge < -0.3 is 15.4 Å². The Morgan fingerprint density at radius 1 is 1.24 bits per heavy atom. The van der Waals surface area contributed by atoms with E-state index in [0.717, 1.165) is 24.3 Å². The maximum atomic E-state index is 13.6. The van der Waals surface area contributed by atoms with Gasteiger partial charge in [0.05, 0.1) is 11.2 Å². The van der Waals surface area contributed by atoms with E-state index in [4.69, 9.17) is 10.5 Å². The van der Waals surface area contributed by atoms with E-state index in [1.807, 2.05) is 13.0 Å². The average Bonchev–Trinajstić information content (AvgIpc) is 2.23. The first kappa shape index (κ1) is 16.2. The topological polar surface area (TPSA) is 38.5 Å². The van der Waals surface area contributed by atoms with Gasteiger partial charge in [-0.05, 0) is 64.8 Å². The molecule has 1 saturated heterocycles. The number of nitrogens with two attached hydrogens (primary N) is 1. The molecule has 1 aliphatic heterocycles. The van der Waals surface area contributed by atoms with Crippen LogP contribution in [-0.4, -0.2) is 30.3 Å². The molecule has 0 saturated carbocycles. The smallest absolute Gasteiger partial charge is 0.123 e. The maximum Gasteiger partial charge on any atom is 0.123 e. The van der Waals surface area contributed by atoms with E-state index in [1.54, 1.807) is 6.07 Å². The van der Waals surface area contributed by atoms with Gasteiger partial charge in [-0.2, -0.15) is 0 Å². The fourth-order valence-corrected chi connectivity index (χ4v) is 3.33. The van der Waals surface area contributed by atoms with Crippen molar-refractivity contribution in [2.24, 2.45) is 5.73 Å². The molecule has 2 rings (SSSR count). The third kappa shape index (κ3) is 4.17. The minimum atomic E-state index is -0.234. The molecule has 1 atom stereocenters. The number of morpholine rings is 1. The number of rotatable bonds is 3. The zero-order chi connectivity index (χ0) is 15.8. The molecule has 2 N–H and O–H groups in total. The van der Waals surface area contributed by atoms with Crippen molar-refractivity contribution in [3.8, 4) is 0 Å². The molecule has 1 unspecified atom stereocenters. The number of hydrogen-bond acceptors (Lipinski definition) is 3. The molecule has 0 amide bonds. The third-order valence-electron chi connectivity index (χ3n) is 3.62. The highest BCUT2D eigenvalue weighted by atomic mass is 19.1. The summed E-state index contributed by atoms with van der Waals surface area (Å²) in [6.07, 6.45) is 0.672. The van der Waals surface area contributed by atoms with Crippen LogP contribution >= 0.6 is 0 Å². The predicted molar refractivity (Wildman–Crippen MR) is 85.2 cm³/mol. The third-order valence-corrected chi connectivity index (χ3v) is 3.62. The van der Waals surface area contributed by atoms with Gasteiger partial charge in [-0.15, -0.1) is 0 Å². The highest BCUT2D eigenvalue weighted by molar-refractivity contribution is 5.55. The Hall–Kier alpha value is -1.13. The van der Waals surface area contributed by atoms with Gasteiger partial charge in [-0.25, -0.2) is 4.39 Å². The van der Waals surface area contributed by atoms with Crippen LogP contribution in [0.3, 0.4) is 0 Å². The Kier molecular flexibility index (Phi) is 4.31. The zero-order valence-electron chi connectivity index (χ0n) is 13.7. The Bertz CT molecular complexity index is 496. The molecule has 0 aromatic heterocycles. The summed E-state index contributed by atoms with van der Waals surface area (Å²) in [5.41, 5.74) is 7.48. The summed E-state index contributed by atoms with van der Waals surface area (Å²) in [5.74, 6) is -0.207. The van der Waals surface area contributed by atoms with E-state index in [1.165, 1.54) is 6.07 Å². The maximum absolute atomic E-state index is 13.6. The number of nitrogens with zero attached hydrogens (tertiary/aromatic N) is 1. The van der Waals surface area contributed by atoms with Gasteiger partial charge in [0, 0.05) is 24.8 Å². The van der Waals surface area contributed by atoms with Gasteiger partial charge in [-0.3, -0.25) is 0 Å². The summed E-state index contributed by atoms with van der Waals surface area (Å²) in [7, 11) is 0. The van der Waals surface area contributed by atoms with Crippen molar-refractivity contribution in [3.05, 3.63) is 29.6 Å². The molecule has 0 bridgehead atoms. The molecule has 1 aromatic carbocycles. The summed E-state index contributed by atoms with van der Waals surface area (Å²) >= 11 is 0. The zero-order valence-corrected chi connectivity index (χ0v) is 13.7. The summed E-state index contributed by atoms with van der Waals surface area (Å²) < 4.78 is 19.7. The molecule has 0 spiro atoms. The van der Waals surface area contributed by atoms with Crippen LogP contribution in [0.25, 0.3) is 0 Å². The monoisotopic (exact) mass is 294 g/mol. The van der Waals surface area contributed by atoms with Crippen molar-refractivity contribution in [2.75, 3.05) is 18.0 Å². The summed E-state index contributed by atoms with van der Waals surface area (Å²) in [6, 6.07) is 5.00. The number of hydrogen-bond donors (Lipinski definition) is 1. The minimum Gasteiger partial charge on any atom is -0.366 e. The van der Waals surface area contributed by atoms with E-state index in [2.05, 4.69) is 32.6 Å². The van der Waals surface area contributed by atoms with Gasteiger partial charge in [0.25, 0.3) is 0 Å². The van der Waals surface area contributed by atoms with Crippen LogP contribution in [0.2, 0.25) is 0 Å². The Balaban J connectivity index is 2.36. The predicted octanol–water partition coefficient (Wildman–Crippen LogP) is 3.11. The van der Waals surface area contributed by atoms with Gasteiger partial charge in [-0.1, -0.05) is 0 Å². The average molecular weight is 294 g/mol. The van der Waals surface area contributed by atoms with E-state index >= 15 is 0 Å². The van der Waals surface area contributed by atoms with Gasteiger partial charge >= 0.3 is 0 Å². The first-order chi connectivity index (χ1) is 9.58. The molecule has 1 fully saturated rings. The number of halogens is 1. The second-order valence-corrected chi connectivity index (χ2v) is 7.43. The number of benzene rings is 1. The van der Waals surface area contributed by atoms with Crippen LogP contribution in [0.4, 0.5) is 10.1 Å². The number of anilines is 1. The summed E-state index contributed by atoms with van der Waals surface area (Å²) in [6.45, 7) is 11.9. The molecule has 21 heavy (non-hydrogen) atoms. The fourth-order valence-electron chi connectivity index (χ4n) is 3.33. The highest BCUT2D eigenvalue weighted by Crippen LogP contribution is 2.33. The molecule has 1 aromatic rings. The summed E-state index contributed by atoms with van der Waals surface area (Å²) in [5, 5.41) is 0. The second kappa shape index (κ2) is 5.58. The van der Waals surface area contributed by atoms with Crippen molar-refractivity contribution in [3.63, 3.8) is 0 Å². The lowest BCUT2D eigenvalue weighted by Crippen LogP contribution is -2.57. The normalized spacial score (nSPS) is 22.1. The first-order valence-electron chi connectivity index (χ1n) is 7.57. The number of ether oxygens (including phenoxy) is 1. The molecule has 1 heterocycles. The lowest BCUT2D eigenvalue weighted by Gasteiger charge is -2.48. The highest BCUT2D eigenvalue weighted by Gasteiger charge is 2.38. The molecular weight excluding hydrogens is 267 g/mol. The first-order valence-corrected chi connectivity index (χ1v) is 7.57. The lowest BCUT2D eigenvalue weighted by molar-refractivity contribution is -0.133. The minimum absolute atomic E-state index is 0.00705. The van der Waals surface area contributed by atoms with Crippen LogP contribution in [0, 0.1) is 5.82 Å². The van der Waals surface area contributed by atoms with Crippen LogP contribution in [-0.2, 0) is 11.2 Å². The van der Waals surface area contributed by atoms with E-state index < -0.39 is 0 Å². The van der Waals surface area contributed by atoms with E-state index in [-0.39, 0.29) is 23.1 Å². The van der Waals surface area contributed by atoms with Gasteiger partial charge in [0.1, 0.15) is 5.82 Å². The molecular formula is C17H27FN2O. The van der Waals surface area contributed by atoms with Crippen molar-refractivity contribution in [2.45, 2.75) is 58.3 Å². The fraction of sp³-hybridized carbons (Fsp3) is 0.647.